The van der Waals surface area contributed by atoms with Gasteiger partial charge in [-0.3, -0.25) is 9.59 Å². The zero-order chi connectivity index (χ0) is 23.3. The molecule has 0 aliphatic heterocycles. The van der Waals surface area contributed by atoms with Crippen molar-refractivity contribution >= 4 is 45.4 Å². The molecule has 0 N–H and O–H groups in total. The van der Waals surface area contributed by atoms with Gasteiger partial charge in [0.2, 0.25) is 0 Å². The van der Waals surface area contributed by atoms with Crippen LogP contribution in [0.2, 0.25) is 0 Å². The first-order valence-corrected chi connectivity index (χ1v) is 12.4. The third-order valence-corrected chi connectivity index (χ3v) is 8.76. The van der Waals surface area contributed by atoms with Crippen molar-refractivity contribution in [1.29, 1.82) is 0 Å². The summed E-state index contributed by atoms with van der Waals surface area (Å²) in [7, 11) is 1.20. The Hall–Kier alpha value is -2.89. The molecule has 0 radical (unpaired) electrons. The van der Waals surface area contributed by atoms with Crippen molar-refractivity contribution in [3.63, 3.8) is 0 Å². The van der Waals surface area contributed by atoms with Gasteiger partial charge in [-0.1, -0.05) is 60.7 Å². The molecule has 0 aliphatic carbocycles. The Labute approximate surface area is 195 Å². The fourth-order valence-corrected chi connectivity index (χ4v) is 6.49. The molecule has 1 amide bonds. The van der Waals surface area contributed by atoms with Gasteiger partial charge in [-0.15, -0.1) is 0 Å². The highest BCUT2D eigenvalue weighted by atomic mass is 79.9. The van der Waals surface area contributed by atoms with Crippen LogP contribution in [0.15, 0.2) is 77.3 Å². The number of hydrogen-bond donors (Lipinski definition) is 0. The van der Waals surface area contributed by atoms with Gasteiger partial charge in [-0.05, 0) is 28.1 Å². The number of ether oxygens (including phenoxy) is 2. The van der Waals surface area contributed by atoms with E-state index in [1.807, 2.05) is 12.1 Å². The van der Waals surface area contributed by atoms with Crippen LogP contribution >= 0.6 is 23.1 Å². The molecule has 0 aliphatic rings. The number of amides is 1. The monoisotopic (exact) mass is 515 g/mol. The molecule has 3 aromatic carbocycles. The molecule has 0 spiro atoms. The summed E-state index contributed by atoms with van der Waals surface area (Å²) in [5, 5.41) is 1.23. The number of halogens is 1. The fraction of sp³-hybridized carbons (Fsp3) is 0.167. The Morgan fingerprint density at radius 2 is 1.34 bits per heavy atom. The number of benzene rings is 3. The first-order chi connectivity index (χ1) is 15.3. The van der Waals surface area contributed by atoms with Crippen molar-refractivity contribution < 1.29 is 23.6 Å². The topological polar surface area (TPSA) is 72.9 Å². The van der Waals surface area contributed by atoms with Gasteiger partial charge in [-0.25, -0.2) is 0 Å². The van der Waals surface area contributed by atoms with E-state index in [4.69, 9.17) is 9.47 Å². The molecule has 6 nitrogen and oxygen atoms in total. The normalized spacial score (nSPS) is 11.0. The summed E-state index contributed by atoms with van der Waals surface area (Å²) in [5.74, 6) is -0.763. The van der Waals surface area contributed by atoms with E-state index >= 15 is 0 Å². The van der Waals surface area contributed by atoms with Gasteiger partial charge in [0.05, 0.1) is 20.5 Å². The molecule has 0 heterocycles. The van der Waals surface area contributed by atoms with E-state index in [1.54, 1.807) is 54.6 Å². The van der Waals surface area contributed by atoms with E-state index in [0.717, 1.165) is 0 Å². The van der Waals surface area contributed by atoms with Crippen LogP contribution in [-0.4, -0.2) is 44.1 Å². The number of carbonyl (C=O) groups excluding carboxylic acids is 2. The van der Waals surface area contributed by atoms with Crippen molar-refractivity contribution in [1.82, 2.24) is 4.90 Å². The highest BCUT2D eigenvalue weighted by molar-refractivity contribution is 9.10. The van der Waals surface area contributed by atoms with Crippen molar-refractivity contribution in [3.8, 4) is 11.5 Å². The Morgan fingerprint density at radius 3 is 1.81 bits per heavy atom. The summed E-state index contributed by atoms with van der Waals surface area (Å²) >= 11 is 3.32. The molecule has 0 fully saturated rings. The molecule has 0 atom stereocenters. The molecule has 0 unspecified atom stereocenters. The Balaban J connectivity index is 1.94. The SMILES string of the molecule is COc1cc(Br)c(C(=O)C(=O)N(C)CP(=O)(c2ccccc2)c2ccccc2)cc1OC. The smallest absolute Gasteiger partial charge is 0.295 e. The van der Waals surface area contributed by atoms with Gasteiger partial charge in [0.25, 0.3) is 11.7 Å². The molecular weight excluding hydrogens is 493 g/mol. The maximum Gasteiger partial charge on any atom is 0.295 e. The van der Waals surface area contributed by atoms with Crippen molar-refractivity contribution in [2.45, 2.75) is 0 Å². The average molecular weight is 516 g/mol. The lowest BCUT2D eigenvalue weighted by molar-refractivity contribution is -0.124. The second-order valence-corrected chi connectivity index (χ2v) is 10.7. The van der Waals surface area contributed by atoms with E-state index in [1.165, 1.54) is 32.2 Å². The van der Waals surface area contributed by atoms with Gasteiger partial charge in [0, 0.05) is 27.7 Å². The molecule has 0 saturated heterocycles. The Morgan fingerprint density at radius 1 is 0.875 bits per heavy atom. The third kappa shape index (κ3) is 4.79. The van der Waals surface area contributed by atoms with Crippen molar-refractivity contribution in [2.75, 3.05) is 27.6 Å². The van der Waals surface area contributed by atoms with Crippen LogP contribution in [0.3, 0.4) is 0 Å². The van der Waals surface area contributed by atoms with Crippen LogP contribution in [0.1, 0.15) is 10.4 Å². The van der Waals surface area contributed by atoms with Crippen LogP contribution in [0.5, 0.6) is 11.5 Å². The van der Waals surface area contributed by atoms with Gasteiger partial charge >= 0.3 is 0 Å². The lowest BCUT2D eigenvalue weighted by Crippen LogP contribution is -2.37. The van der Waals surface area contributed by atoms with Crippen LogP contribution in [0.25, 0.3) is 0 Å². The summed E-state index contributed by atoms with van der Waals surface area (Å²) in [6, 6.07) is 21.0. The van der Waals surface area contributed by atoms with E-state index in [-0.39, 0.29) is 11.8 Å². The van der Waals surface area contributed by atoms with Gasteiger partial charge in [-0.2, -0.15) is 0 Å². The third-order valence-electron chi connectivity index (χ3n) is 5.02. The highest BCUT2D eigenvalue weighted by Gasteiger charge is 2.33. The first kappa shape index (κ1) is 23.8. The number of Topliss-reactive ketones (excluding diaryl/α,β-unsaturated/α-hetero) is 1. The maximum absolute atomic E-state index is 14.2. The number of hydrogen-bond acceptors (Lipinski definition) is 5. The Bertz CT molecular complexity index is 1120. The zero-order valence-corrected chi connectivity index (χ0v) is 20.4. The lowest BCUT2D eigenvalue weighted by atomic mass is 10.1. The predicted molar refractivity (Wildman–Crippen MR) is 129 cm³/mol. The molecule has 0 saturated carbocycles. The van der Waals surface area contributed by atoms with Crippen molar-refractivity contribution in [2.24, 2.45) is 0 Å². The second kappa shape index (κ2) is 10.2. The number of nitrogens with zero attached hydrogens (tertiary/aromatic N) is 1. The zero-order valence-electron chi connectivity index (χ0n) is 17.9. The molecule has 3 rings (SSSR count). The van der Waals surface area contributed by atoms with Crippen molar-refractivity contribution in [3.05, 3.63) is 82.8 Å². The maximum atomic E-state index is 14.2. The number of rotatable bonds is 8. The quantitative estimate of drug-likeness (QED) is 0.257. The summed E-state index contributed by atoms with van der Waals surface area (Å²) in [5.41, 5.74) is 0.133. The minimum Gasteiger partial charge on any atom is -0.493 e. The fourth-order valence-electron chi connectivity index (χ4n) is 3.33. The molecular formula is C24H23BrNO5P. The van der Waals surface area contributed by atoms with Gasteiger partial charge in [0.15, 0.2) is 18.6 Å². The summed E-state index contributed by atoms with van der Waals surface area (Å²) < 4.78 is 25.1. The minimum atomic E-state index is -3.21. The largest absolute Gasteiger partial charge is 0.493 e. The highest BCUT2D eigenvalue weighted by Crippen LogP contribution is 2.43. The van der Waals surface area contributed by atoms with E-state index < -0.39 is 18.8 Å². The van der Waals surface area contributed by atoms with E-state index in [0.29, 0.717) is 26.6 Å². The van der Waals surface area contributed by atoms with Gasteiger partial charge < -0.3 is 18.9 Å². The molecule has 8 heteroatoms. The average Bonchev–Trinajstić information content (AvgIpc) is 2.83. The molecule has 166 valence electrons. The summed E-state index contributed by atoms with van der Waals surface area (Å²) in [4.78, 5) is 27.3. The lowest BCUT2D eigenvalue weighted by Gasteiger charge is -2.25. The first-order valence-electron chi connectivity index (χ1n) is 9.73. The minimum absolute atomic E-state index is 0.115. The summed E-state index contributed by atoms with van der Waals surface area (Å²) in [6.45, 7) is 0. The van der Waals surface area contributed by atoms with Crippen LogP contribution < -0.4 is 20.1 Å². The molecule has 0 aromatic heterocycles. The number of likely N-dealkylation sites (N-methyl/N-ethyl adjacent to an activating group) is 1. The van der Waals surface area contributed by atoms with E-state index in [2.05, 4.69) is 15.9 Å². The number of methoxy groups -OCH3 is 2. The molecule has 3 aromatic rings. The number of carbonyl (C=O) groups is 2. The second-order valence-electron chi connectivity index (χ2n) is 7.07. The molecule has 32 heavy (non-hydrogen) atoms. The standard InChI is InChI=1S/C24H23BrNO5P/c1-26(24(28)23(27)19-14-21(30-2)22(31-3)15-20(19)25)16-32(29,17-10-6-4-7-11-17)18-12-8-5-9-13-18/h4-15H,16H2,1-3H3. The summed E-state index contributed by atoms with van der Waals surface area (Å²) in [6.07, 6.45) is -0.115. The number of ketones is 1. The van der Waals surface area contributed by atoms with Crippen LogP contribution in [0, 0.1) is 0 Å². The predicted octanol–water partition coefficient (Wildman–Crippen LogP) is 4.08. The van der Waals surface area contributed by atoms with Crippen LogP contribution in [0.4, 0.5) is 0 Å². The Kier molecular flexibility index (Phi) is 7.54. The van der Waals surface area contributed by atoms with E-state index in [9.17, 15) is 14.2 Å². The molecule has 0 bridgehead atoms. The van der Waals surface area contributed by atoms with Gasteiger partial charge in [0.1, 0.15) is 0 Å². The van der Waals surface area contributed by atoms with Crippen LogP contribution in [-0.2, 0) is 9.36 Å².